The third-order valence-electron chi connectivity index (χ3n) is 4.39. The maximum absolute atomic E-state index is 6.75. The molecule has 0 aromatic heterocycles. The van der Waals surface area contributed by atoms with Gasteiger partial charge in [0.2, 0.25) is 0 Å². The summed E-state index contributed by atoms with van der Waals surface area (Å²) in [5.74, 6) is 0.930. The molecule has 0 atom stereocenters. The van der Waals surface area contributed by atoms with Crippen molar-refractivity contribution in [3.05, 3.63) is 42.5 Å². The van der Waals surface area contributed by atoms with Crippen molar-refractivity contribution < 1.29 is 3.07 Å². The van der Waals surface area contributed by atoms with E-state index in [1.807, 2.05) is 0 Å². The Morgan fingerprint density at radius 3 is 1.73 bits per heavy atom. The Balaban J connectivity index is 2.86. The van der Waals surface area contributed by atoms with E-state index in [0.717, 1.165) is 11.3 Å². The van der Waals surface area contributed by atoms with Crippen LogP contribution >= 0.6 is 0 Å². The quantitative estimate of drug-likeness (QED) is 0.266. The number of hydrogen-bond donors (Lipinski definition) is 0. The first-order valence-electron chi connectivity index (χ1n) is 9.10. The Hall–Kier alpha value is -0.441. The van der Waals surface area contributed by atoms with Crippen molar-refractivity contribution in [2.45, 2.75) is 72.6 Å². The van der Waals surface area contributed by atoms with Crippen LogP contribution in [0.3, 0.4) is 0 Å². The van der Waals surface area contributed by atoms with Crippen LogP contribution in [-0.4, -0.2) is 18.8 Å². The van der Waals surface area contributed by atoms with Crippen molar-refractivity contribution in [3.8, 4) is 0 Å². The maximum atomic E-state index is 6.75. The number of benzene rings is 1. The molecule has 1 rings (SSSR count). The zero-order valence-corrected chi connectivity index (χ0v) is 17.7. The van der Waals surface area contributed by atoms with Crippen LogP contribution in [0.25, 0.3) is 5.76 Å². The predicted octanol–water partition coefficient (Wildman–Crippen LogP) is 7.02. The van der Waals surface area contributed by atoms with E-state index in [-0.39, 0.29) is 0 Å². The minimum atomic E-state index is -2.57. The summed E-state index contributed by atoms with van der Waals surface area (Å²) in [6.45, 7) is 11.1. The van der Waals surface area contributed by atoms with Crippen molar-refractivity contribution >= 4 is 24.6 Å². The molecule has 1 nitrogen and oxygen atoms in total. The molecule has 0 unspecified atom stereocenters. The minimum absolute atomic E-state index is 0.930. The fraction of sp³-hybridized carbons (Fsp3) is 0.600. The first kappa shape index (κ1) is 19.6. The van der Waals surface area contributed by atoms with E-state index >= 15 is 0 Å². The first-order valence-corrected chi connectivity index (χ1v) is 16.3. The van der Waals surface area contributed by atoms with E-state index in [1.54, 1.807) is 0 Å². The molecule has 0 saturated carbocycles. The van der Waals surface area contributed by atoms with E-state index < -0.39 is 18.8 Å². The van der Waals surface area contributed by atoms with Crippen LogP contribution in [0.1, 0.15) is 64.9 Å². The zero-order valence-electron chi connectivity index (χ0n) is 14.9. The summed E-state index contributed by atoms with van der Waals surface area (Å²) < 4.78 is 10.8. The van der Waals surface area contributed by atoms with Crippen molar-refractivity contribution in [2.75, 3.05) is 0 Å². The predicted molar refractivity (Wildman–Crippen MR) is 101 cm³/mol. The molecule has 0 fully saturated rings. The summed E-state index contributed by atoms with van der Waals surface area (Å²) >= 11 is -2.57. The number of hydrogen-bond acceptors (Lipinski definition) is 1. The molecule has 0 spiro atoms. The van der Waals surface area contributed by atoms with Gasteiger partial charge in [-0.1, -0.05) is 0 Å². The van der Waals surface area contributed by atoms with E-state index in [1.165, 1.54) is 51.8 Å². The monoisotopic (exact) mass is 410 g/mol. The summed E-state index contributed by atoms with van der Waals surface area (Å²) in [6.07, 6.45) is 7.80. The summed E-state index contributed by atoms with van der Waals surface area (Å²) in [5, 5.41) is 0. The van der Waals surface area contributed by atoms with Crippen LogP contribution in [0, 0.1) is 0 Å². The van der Waals surface area contributed by atoms with Crippen LogP contribution < -0.4 is 0 Å². The third-order valence-corrected chi connectivity index (χ3v) is 17.2. The van der Waals surface area contributed by atoms with Gasteiger partial charge >= 0.3 is 143 Å². The van der Waals surface area contributed by atoms with E-state index in [0.29, 0.717) is 0 Å². The Labute approximate surface area is 142 Å². The fourth-order valence-corrected chi connectivity index (χ4v) is 16.4. The second kappa shape index (κ2) is 11.1. The van der Waals surface area contributed by atoms with Crippen LogP contribution in [0.5, 0.6) is 0 Å². The van der Waals surface area contributed by atoms with Gasteiger partial charge in [-0.3, -0.25) is 0 Å². The van der Waals surface area contributed by atoms with Crippen molar-refractivity contribution in [1.29, 1.82) is 0 Å². The Morgan fingerprint density at radius 2 is 1.32 bits per heavy atom. The molecule has 0 aliphatic carbocycles. The average Bonchev–Trinajstić information content (AvgIpc) is 2.56. The Kier molecular flexibility index (Phi) is 9.94. The zero-order chi connectivity index (χ0) is 16.3. The van der Waals surface area contributed by atoms with E-state index in [4.69, 9.17) is 3.07 Å². The van der Waals surface area contributed by atoms with Crippen molar-refractivity contribution in [2.24, 2.45) is 0 Å². The van der Waals surface area contributed by atoms with Crippen LogP contribution in [0.2, 0.25) is 13.3 Å². The molecule has 0 bridgehead atoms. The molecule has 22 heavy (non-hydrogen) atoms. The number of unbranched alkanes of at least 4 members (excludes halogenated alkanes) is 3. The topological polar surface area (TPSA) is 9.23 Å². The van der Waals surface area contributed by atoms with Gasteiger partial charge in [-0.15, -0.1) is 0 Å². The molecule has 0 radical (unpaired) electrons. The van der Waals surface area contributed by atoms with Gasteiger partial charge in [0.15, 0.2) is 0 Å². The summed E-state index contributed by atoms with van der Waals surface area (Å²) in [6, 6.07) is 10.5. The first-order chi connectivity index (χ1) is 10.7. The SMILES string of the molecule is C=C([O][Sn]([CH2]CCC)([CH2]CCC)[CH2]CCC)c1ccccc1. The molecular formula is C20H34OSn. The van der Waals surface area contributed by atoms with Gasteiger partial charge in [0.05, 0.1) is 0 Å². The molecule has 0 saturated heterocycles. The van der Waals surface area contributed by atoms with E-state index in [9.17, 15) is 0 Å². The van der Waals surface area contributed by atoms with Crippen LogP contribution in [0.4, 0.5) is 0 Å². The molecular weight excluding hydrogens is 375 g/mol. The number of rotatable bonds is 12. The second-order valence-electron chi connectivity index (χ2n) is 6.38. The van der Waals surface area contributed by atoms with E-state index in [2.05, 4.69) is 57.7 Å². The normalized spacial score (nSPS) is 11.4. The van der Waals surface area contributed by atoms with Gasteiger partial charge in [0, 0.05) is 0 Å². The van der Waals surface area contributed by atoms with Gasteiger partial charge in [0.1, 0.15) is 0 Å². The van der Waals surface area contributed by atoms with Gasteiger partial charge in [-0.2, -0.15) is 0 Å². The average molecular weight is 409 g/mol. The molecule has 124 valence electrons. The molecule has 0 heterocycles. The second-order valence-corrected chi connectivity index (χ2v) is 18.0. The van der Waals surface area contributed by atoms with Crippen LogP contribution in [-0.2, 0) is 3.07 Å². The van der Waals surface area contributed by atoms with Gasteiger partial charge in [-0.25, -0.2) is 0 Å². The van der Waals surface area contributed by atoms with Crippen LogP contribution in [0.15, 0.2) is 36.9 Å². The summed E-state index contributed by atoms with van der Waals surface area (Å²) in [5.41, 5.74) is 1.16. The van der Waals surface area contributed by atoms with Crippen molar-refractivity contribution in [3.63, 3.8) is 0 Å². The summed E-state index contributed by atoms with van der Waals surface area (Å²) in [4.78, 5) is 0. The molecule has 0 amide bonds. The Bertz CT molecular complexity index is 391. The molecule has 2 heteroatoms. The molecule has 0 aliphatic rings. The van der Waals surface area contributed by atoms with Gasteiger partial charge in [-0.05, 0) is 0 Å². The molecule has 0 aliphatic heterocycles. The third kappa shape index (κ3) is 6.76. The molecule has 1 aromatic rings. The van der Waals surface area contributed by atoms with Crippen molar-refractivity contribution in [1.82, 2.24) is 0 Å². The fourth-order valence-electron chi connectivity index (χ4n) is 2.97. The van der Waals surface area contributed by atoms with Gasteiger partial charge < -0.3 is 0 Å². The Morgan fingerprint density at radius 1 is 0.864 bits per heavy atom. The summed E-state index contributed by atoms with van der Waals surface area (Å²) in [7, 11) is 0. The van der Waals surface area contributed by atoms with Gasteiger partial charge in [0.25, 0.3) is 0 Å². The molecule has 0 N–H and O–H groups in total. The standard InChI is InChI=1S/C8H8O.3C4H9.Sn/c1-7(9)8-5-3-2-4-6-8;3*1-3-4-2;/h2-6,9H,1H2;3*1,3-4H2,2H3;/q;;;;+1/p-1. The molecule has 1 aromatic carbocycles.